The van der Waals surface area contributed by atoms with Gasteiger partial charge in [-0.15, -0.1) is 12.6 Å². The molecule has 0 N–H and O–H groups in total. The molecule has 3 rings (SSSR count). The molecule has 0 bridgehead atoms. The van der Waals surface area contributed by atoms with E-state index in [9.17, 15) is 9.59 Å². The number of hydrogen-bond donors (Lipinski definition) is 1. The van der Waals surface area contributed by atoms with Crippen molar-refractivity contribution in [1.82, 2.24) is 0 Å². The molecule has 88 valence electrons. The van der Waals surface area contributed by atoms with Gasteiger partial charge in [0, 0.05) is 27.1 Å². The predicted octanol–water partition coefficient (Wildman–Crippen LogP) is 3.06. The summed E-state index contributed by atoms with van der Waals surface area (Å²) in [6.45, 7) is 1.85. The van der Waals surface area contributed by atoms with Crippen LogP contribution in [0.15, 0.2) is 41.3 Å². The lowest BCUT2D eigenvalue weighted by Gasteiger charge is -2.19. The van der Waals surface area contributed by atoms with Gasteiger partial charge in [0.1, 0.15) is 0 Å². The zero-order valence-corrected chi connectivity index (χ0v) is 10.6. The molecule has 0 radical (unpaired) electrons. The lowest BCUT2D eigenvalue weighted by molar-refractivity contribution is 0.0976. The minimum atomic E-state index is -0.117. The summed E-state index contributed by atoms with van der Waals surface area (Å²) in [5, 5.41) is 0. The predicted molar refractivity (Wildman–Crippen MR) is 71.7 cm³/mol. The quantitative estimate of drug-likeness (QED) is 0.626. The molecule has 2 aromatic carbocycles. The van der Waals surface area contributed by atoms with E-state index in [2.05, 4.69) is 12.6 Å². The van der Waals surface area contributed by atoms with Crippen molar-refractivity contribution in [2.45, 2.75) is 11.8 Å². The lowest BCUT2D eigenvalue weighted by atomic mass is 9.82. The maximum atomic E-state index is 12.4. The Morgan fingerprint density at radius 2 is 1.39 bits per heavy atom. The maximum Gasteiger partial charge on any atom is 0.195 e. The second kappa shape index (κ2) is 3.82. The molecule has 0 atom stereocenters. The maximum absolute atomic E-state index is 12.4. The third-order valence-corrected chi connectivity index (χ3v) is 3.63. The summed E-state index contributed by atoms with van der Waals surface area (Å²) in [5.74, 6) is -0.206. The van der Waals surface area contributed by atoms with Gasteiger partial charge in [0.25, 0.3) is 0 Å². The van der Waals surface area contributed by atoms with E-state index in [1.54, 1.807) is 30.3 Å². The van der Waals surface area contributed by atoms with E-state index < -0.39 is 0 Å². The Hall–Kier alpha value is -1.87. The second-order valence-corrected chi connectivity index (χ2v) is 4.84. The van der Waals surface area contributed by atoms with Gasteiger partial charge in [0.15, 0.2) is 11.6 Å². The Kier molecular flexibility index (Phi) is 2.38. The van der Waals surface area contributed by atoms with Crippen LogP contribution in [0, 0.1) is 6.92 Å². The van der Waals surface area contributed by atoms with Crippen molar-refractivity contribution in [1.29, 1.82) is 0 Å². The minimum absolute atomic E-state index is 0.0893. The number of benzene rings is 2. The topological polar surface area (TPSA) is 34.1 Å². The van der Waals surface area contributed by atoms with Crippen molar-refractivity contribution < 1.29 is 9.59 Å². The molecule has 2 aromatic rings. The van der Waals surface area contributed by atoms with Crippen LogP contribution in [-0.4, -0.2) is 11.6 Å². The summed E-state index contributed by atoms with van der Waals surface area (Å²) < 4.78 is 0. The molecule has 0 saturated heterocycles. The van der Waals surface area contributed by atoms with Gasteiger partial charge < -0.3 is 0 Å². The van der Waals surface area contributed by atoms with Crippen molar-refractivity contribution in [3.63, 3.8) is 0 Å². The molecule has 0 aromatic heterocycles. The van der Waals surface area contributed by atoms with E-state index in [4.69, 9.17) is 0 Å². The summed E-state index contributed by atoms with van der Waals surface area (Å²) in [4.78, 5) is 25.4. The molecule has 0 saturated carbocycles. The fourth-order valence-corrected chi connectivity index (χ4v) is 2.70. The van der Waals surface area contributed by atoms with Crippen LogP contribution in [0.5, 0.6) is 0 Å². The second-order valence-electron chi connectivity index (χ2n) is 4.36. The molecule has 3 heteroatoms. The summed E-state index contributed by atoms with van der Waals surface area (Å²) in [6, 6.07) is 10.5. The molecule has 0 heterocycles. The number of hydrogen-bond acceptors (Lipinski definition) is 3. The number of thiol groups is 1. The number of carbonyl (C=O) groups is 2. The Balaban J connectivity index is 2.40. The number of carbonyl (C=O) groups excluding carboxylic acids is 2. The fraction of sp³-hybridized carbons (Fsp3) is 0.0667. The van der Waals surface area contributed by atoms with Crippen molar-refractivity contribution in [2.24, 2.45) is 0 Å². The van der Waals surface area contributed by atoms with Crippen LogP contribution in [-0.2, 0) is 0 Å². The first-order chi connectivity index (χ1) is 8.61. The Bertz CT molecular complexity index is 640. The van der Waals surface area contributed by atoms with Crippen LogP contribution in [0.3, 0.4) is 0 Å². The van der Waals surface area contributed by atoms with E-state index in [-0.39, 0.29) is 11.6 Å². The van der Waals surface area contributed by atoms with Gasteiger partial charge >= 0.3 is 0 Å². The smallest absolute Gasteiger partial charge is 0.195 e. The average Bonchev–Trinajstić information content (AvgIpc) is 2.35. The molecule has 0 fully saturated rings. The first-order valence-electron chi connectivity index (χ1n) is 5.62. The highest BCUT2D eigenvalue weighted by molar-refractivity contribution is 7.80. The summed E-state index contributed by atoms with van der Waals surface area (Å²) in [5.41, 5.74) is 2.71. The van der Waals surface area contributed by atoms with Gasteiger partial charge in [-0.2, -0.15) is 0 Å². The molecule has 1 aliphatic carbocycles. The molecule has 18 heavy (non-hydrogen) atoms. The van der Waals surface area contributed by atoms with Crippen LogP contribution in [0.1, 0.15) is 37.4 Å². The van der Waals surface area contributed by atoms with Crippen molar-refractivity contribution in [3.8, 4) is 0 Å². The van der Waals surface area contributed by atoms with Crippen LogP contribution in [0.4, 0.5) is 0 Å². The normalized spacial score (nSPS) is 13.2. The average molecular weight is 254 g/mol. The third-order valence-electron chi connectivity index (χ3n) is 3.26. The minimum Gasteiger partial charge on any atom is -0.289 e. The van der Waals surface area contributed by atoms with Crippen molar-refractivity contribution in [2.75, 3.05) is 0 Å². The zero-order chi connectivity index (χ0) is 12.9. The molecular weight excluding hydrogens is 244 g/mol. The summed E-state index contributed by atoms with van der Waals surface area (Å²) >= 11 is 4.28. The number of ketones is 2. The van der Waals surface area contributed by atoms with E-state index in [0.717, 1.165) is 5.56 Å². The highest BCUT2D eigenvalue weighted by atomic mass is 32.1. The van der Waals surface area contributed by atoms with Gasteiger partial charge in [-0.3, -0.25) is 9.59 Å². The van der Waals surface area contributed by atoms with Crippen LogP contribution < -0.4 is 0 Å². The first-order valence-corrected chi connectivity index (χ1v) is 6.07. The molecular formula is C15H10O2S. The number of aryl methyl sites for hydroxylation is 1. The molecule has 0 amide bonds. The fourth-order valence-electron chi connectivity index (χ4n) is 2.40. The van der Waals surface area contributed by atoms with E-state index >= 15 is 0 Å². The summed E-state index contributed by atoms with van der Waals surface area (Å²) in [7, 11) is 0. The largest absolute Gasteiger partial charge is 0.289 e. The molecule has 0 spiro atoms. The molecule has 2 nitrogen and oxygen atoms in total. The molecule has 1 aliphatic rings. The molecule has 0 aliphatic heterocycles. The number of rotatable bonds is 0. The summed E-state index contributed by atoms with van der Waals surface area (Å²) in [6.07, 6.45) is 0. The van der Waals surface area contributed by atoms with Gasteiger partial charge in [0.05, 0.1) is 0 Å². The Morgan fingerprint density at radius 1 is 0.833 bits per heavy atom. The highest BCUT2D eigenvalue weighted by Gasteiger charge is 2.31. The van der Waals surface area contributed by atoms with Crippen molar-refractivity contribution >= 4 is 24.2 Å². The first kappa shape index (κ1) is 11.2. The SMILES string of the molecule is Cc1cccc2c1C(=O)c1cccc(S)c1C2=O. The van der Waals surface area contributed by atoms with Crippen LogP contribution in [0.25, 0.3) is 0 Å². The third kappa shape index (κ3) is 1.37. The zero-order valence-electron chi connectivity index (χ0n) is 9.73. The standard InChI is InChI=1S/C15H10O2S/c1-8-4-2-5-9-12(8)14(16)10-6-3-7-11(18)13(10)15(9)17/h2-7,18H,1H3. The van der Waals surface area contributed by atoms with Gasteiger partial charge in [-0.05, 0) is 18.6 Å². The van der Waals surface area contributed by atoms with E-state index in [1.165, 1.54) is 0 Å². The van der Waals surface area contributed by atoms with Gasteiger partial charge in [-0.25, -0.2) is 0 Å². The van der Waals surface area contributed by atoms with E-state index in [1.807, 2.05) is 13.0 Å². The highest BCUT2D eigenvalue weighted by Crippen LogP contribution is 2.32. The Labute approximate surface area is 110 Å². The number of fused-ring (bicyclic) bond motifs is 2. The molecule has 0 unspecified atom stereocenters. The van der Waals surface area contributed by atoms with Crippen LogP contribution >= 0.6 is 12.6 Å². The van der Waals surface area contributed by atoms with E-state index in [0.29, 0.717) is 27.1 Å². The monoisotopic (exact) mass is 254 g/mol. The van der Waals surface area contributed by atoms with Gasteiger partial charge in [0.2, 0.25) is 0 Å². The Morgan fingerprint density at radius 3 is 2.11 bits per heavy atom. The van der Waals surface area contributed by atoms with Crippen LogP contribution in [0.2, 0.25) is 0 Å². The lowest BCUT2D eigenvalue weighted by Crippen LogP contribution is -2.22. The van der Waals surface area contributed by atoms with Gasteiger partial charge in [-0.1, -0.05) is 30.3 Å². The van der Waals surface area contributed by atoms with Crippen molar-refractivity contribution in [3.05, 3.63) is 64.2 Å².